The molecule has 3 atom stereocenters. The second-order valence-corrected chi connectivity index (χ2v) is 4.15. The van der Waals surface area contributed by atoms with Crippen molar-refractivity contribution in [3.63, 3.8) is 0 Å². The Balaban J connectivity index is 2.55. The van der Waals surface area contributed by atoms with E-state index in [9.17, 15) is 15.0 Å². The van der Waals surface area contributed by atoms with E-state index < -0.39 is 18.2 Å². The van der Waals surface area contributed by atoms with E-state index >= 15 is 0 Å². The van der Waals surface area contributed by atoms with Gasteiger partial charge in [-0.15, -0.1) is 0 Å². The van der Waals surface area contributed by atoms with Crippen LogP contribution in [-0.2, 0) is 4.79 Å². The minimum Gasteiger partial charge on any atom is -0.388 e. The van der Waals surface area contributed by atoms with Crippen molar-refractivity contribution in [2.75, 3.05) is 13.1 Å². The van der Waals surface area contributed by atoms with Gasteiger partial charge in [0.25, 0.3) is 0 Å². The molecule has 4 N–H and O–H groups in total. The maximum atomic E-state index is 11.7. The number of hydrogen-bond acceptors (Lipinski definition) is 4. The summed E-state index contributed by atoms with van der Waals surface area (Å²) in [6, 6.07) is -0.549. The van der Waals surface area contributed by atoms with Gasteiger partial charge in [-0.2, -0.15) is 0 Å². The van der Waals surface area contributed by atoms with Crippen molar-refractivity contribution in [2.24, 2.45) is 11.7 Å². The van der Waals surface area contributed by atoms with Gasteiger partial charge in [0.15, 0.2) is 0 Å². The third-order valence-electron chi connectivity index (χ3n) is 2.57. The number of amides is 1. The van der Waals surface area contributed by atoms with Gasteiger partial charge in [-0.3, -0.25) is 4.79 Å². The third-order valence-corrected chi connectivity index (χ3v) is 2.57. The van der Waals surface area contributed by atoms with Gasteiger partial charge in [-0.25, -0.2) is 0 Å². The number of β-amino-alcohol motifs (C(OH)–C–C–N with tert-alkyl or cyclic N) is 2. The highest BCUT2D eigenvalue weighted by molar-refractivity contribution is 5.82. The van der Waals surface area contributed by atoms with Crippen molar-refractivity contribution < 1.29 is 15.0 Å². The lowest BCUT2D eigenvalue weighted by Crippen LogP contribution is -2.46. The Hall–Kier alpha value is -0.650. The smallest absolute Gasteiger partial charge is 0.239 e. The van der Waals surface area contributed by atoms with E-state index in [0.29, 0.717) is 0 Å². The number of nitrogens with zero attached hydrogens (tertiary/aromatic N) is 1. The minimum atomic E-state index is -0.835. The summed E-state index contributed by atoms with van der Waals surface area (Å²) in [5.41, 5.74) is 5.68. The predicted molar refractivity (Wildman–Crippen MR) is 51.4 cm³/mol. The van der Waals surface area contributed by atoms with E-state index in [1.165, 1.54) is 4.90 Å². The summed E-state index contributed by atoms with van der Waals surface area (Å²) in [6.07, 6.45) is -1.67. The molecule has 0 saturated carbocycles. The first-order valence-electron chi connectivity index (χ1n) is 4.84. The molecule has 0 aliphatic carbocycles. The van der Waals surface area contributed by atoms with E-state index in [4.69, 9.17) is 5.73 Å². The topological polar surface area (TPSA) is 86.8 Å². The standard InChI is InChI=1S/C9H18N2O3/c1-5(2)8(10)9(14)11-3-6(12)7(13)4-11/h5-8,12-13H,3-4,10H2,1-2H3/t6?,7?,8-/m0/s1. The Morgan fingerprint density at radius 3 is 2.14 bits per heavy atom. The quantitative estimate of drug-likeness (QED) is 0.510. The molecule has 1 amide bonds. The first kappa shape index (κ1) is 11.4. The van der Waals surface area contributed by atoms with Gasteiger partial charge in [0.1, 0.15) is 0 Å². The fraction of sp³-hybridized carbons (Fsp3) is 0.889. The molecule has 14 heavy (non-hydrogen) atoms. The summed E-state index contributed by atoms with van der Waals surface area (Å²) >= 11 is 0. The van der Waals surface area contributed by atoms with Crippen LogP contribution in [0, 0.1) is 5.92 Å². The van der Waals surface area contributed by atoms with E-state index in [2.05, 4.69) is 0 Å². The monoisotopic (exact) mass is 202 g/mol. The molecule has 1 saturated heterocycles. The van der Waals surface area contributed by atoms with Gasteiger partial charge in [0, 0.05) is 13.1 Å². The maximum absolute atomic E-state index is 11.7. The lowest BCUT2D eigenvalue weighted by molar-refractivity contribution is -0.133. The summed E-state index contributed by atoms with van der Waals surface area (Å²) in [4.78, 5) is 13.1. The van der Waals surface area contributed by atoms with E-state index in [0.717, 1.165) is 0 Å². The number of aliphatic hydroxyl groups is 2. The van der Waals surface area contributed by atoms with Crippen molar-refractivity contribution in [2.45, 2.75) is 32.1 Å². The SMILES string of the molecule is CC(C)[C@H](N)C(=O)N1CC(O)C(O)C1. The van der Waals surface area contributed by atoms with Crippen LogP contribution in [0.4, 0.5) is 0 Å². The summed E-state index contributed by atoms with van der Waals surface area (Å²) in [5.74, 6) is -0.131. The number of carbonyl (C=O) groups is 1. The predicted octanol–water partition coefficient (Wildman–Crippen LogP) is -1.47. The van der Waals surface area contributed by atoms with Crippen LogP contribution in [0.3, 0.4) is 0 Å². The highest BCUT2D eigenvalue weighted by atomic mass is 16.3. The Kier molecular flexibility index (Phi) is 3.47. The van der Waals surface area contributed by atoms with Gasteiger partial charge in [-0.05, 0) is 5.92 Å². The first-order valence-corrected chi connectivity index (χ1v) is 4.84. The lowest BCUT2D eigenvalue weighted by Gasteiger charge is -2.22. The molecule has 0 aromatic carbocycles. The van der Waals surface area contributed by atoms with Crippen molar-refractivity contribution in [1.82, 2.24) is 4.90 Å². The lowest BCUT2D eigenvalue weighted by atomic mass is 10.0. The zero-order valence-electron chi connectivity index (χ0n) is 8.55. The molecule has 1 aliphatic rings. The average molecular weight is 202 g/mol. The first-order chi connectivity index (χ1) is 6.43. The molecule has 1 rings (SSSR count). The third kappa shape index (κ3) is 2.23. The van der Waals surface area contributed by atoms with Crippen LogP contribution in [0.5, 0.6) is 0 Å². The van der Waals surface area contributed by atoms with Crippen LogP contribution >= 0.6 is 0 Å². The fourth-order valence-electron chi connectivity index (χ4n) is 1.45. The summed E-state index contributed by atoms with van der Waals surface area (Å²) < 4.78 is 0. The van der Waals surface area contributed by atoms with Gasteiger partial charge < -0.3 is 20.8 Å². The van der Waals surface area contributed by atoms with Gasteiger partial charge in [-0.1, -0.05) is 13.8 Å². The zero-order valence-corrected chi connectivity index (χ0v) is 8.55. The number of nitrogens with two attached hydrogens (primary N) is 1. The molecule has 82 valence electrons. The molecule has 0 aromatic heterocycles. The van der Waals surface area contributed by atoms with Gasteiger partial charge in [0.05, 0.1) is 18.2 Å². The highest BCUT2D eigenvalue weighted by Crippen LogP contribution is 2.13. The molecule has 0 spiro atoms. The van der Waals surface area contributed by atoms with Crippen molar-refractivity contribution in [1.29, 1.82) is 0 Å². The molecule has 0 aromatic rings. The second-order valence-electron chi connectivity index (χ2n) is 4.15. The molecule has 1 aliphatic heterocycles. The van der Waals surface area contributed by atoms with Crippen LogP contribution in [-0.4, -0.2) is 52.4 Å². The van der Waals surface area contributed by atoms with E-state index in [1.807, 2.05) is 13.8 Å². The van der Waals surface area contributed by atoms with Crippen LogP contribution in [0.25, 0.3) is 0 Å². The van der Waals surface area contributed by atoms with Crippen LogP contribution in [0.15, 0.2) is 0 Å². The molecular weight excluding hydrogens is 184 g/mol. The summed E-state index contributed by atoms with van der Waals surface area (Å²) in [6.45, 7) is 4.10. The largest absolute Gasteiger partial charge is 0.388 e. The molecule has 5 nitrogen and oxygen atoms in total. The summed E-state index contributed by atoms with van der Waals surface area (Å²) in [7, 11) is 0. The van der Waals surface area contributed by atoms with Crippen molar-refractivity contribution in [3.05, 3.63) is 0 Å². The Bertz CT molecular complexity index is 210. The maximum Gasteiger partial charge on any atom is 0.239 e. The van der Waals surface area contributed by atoms with Gasteiger partial charge >= 0.3 is 0 Å². The van der Waals surface area contributed by atoms with E-state index in [1.54, 1.807) is 0 Å². The summed E-state index contributed by atoms with van der Waals surface area (Å²) in [5, 5.41) is 18.5. The molecule has 1 fully saturated rings. The minimum absolute atomic E-state index is 0.0670. The number of rotatable bonds is 2. The zero-order chi connectivity index (χ0) is 10.9. The normalized spacial score (nSPS) is 29.7. The van der Waals surface area contributed by atoms with Crippen LogP contribution in [0.1, 0.15) is 13.8 Å². The Morgan fingerprint density at radius 1 is 1.36 bits per heavy atom. The Morgan fingerprint density at radius 2 is 1.79 bits per heavy atom. The second kappa shape index (κ2) is 4.25. The molecular formula is C9H18N2O3. The van der Waals surface area contributed by atoms with E-state index in [-0.39, 0.29) is 24.9 Å². The van der Waals surface area contributed by atoms with Crippen LogP contribution in [0.2, 0.25) is 0 Å². The number of hydrogen-bond donors (Lipinski definition) is 3. The fourth-order valence-corrected chi connectivity index (χ4v) is 1.45. The molecule has 0 bridgehead atoms. The Labute approximate surface area is 83.5 Å². The van der Waals surface area contributed by atoms with Crippen molar-refractivity contribution in [3.8, 4) is 0 Å². The molecule has 2 unspecified atom stereocenters. The van der Waals surface area contributed by atoms with Gasteiger partial charge in [0.2, 0.25) is 5.91 Å². The molecule has 0 radical (unpaired) electrons. The molecule has 5 heteroatoms. The number of aliphatic hydroxyl groups excluding tert-OH is 2. The number of carbonyl (C=O) groups excluding carboxylic acids is 1. The molecule has 1 heterocycles. The van der Waals surface area contributed by atoms with Crippen LogP contribution < -0.4 is 5.73 Å². The van der Waals surface area contributed by atoms with Crippen molar-refractivity contribution >= 4 is 5.91 Å². The average Bonchev–Trinajstić information content (AvgIpc) is 2.44. The highest BCUT2D eigenvalue weighted by Gasteiger charge is 2.35. The number of likely N-dealkylation sites (tertiary alicyclic amines) is 1.